The summed E-state index contributed by atoms with van der Waals surface area (Å²) in [6.07, 6.45) is 0. The number of carboxylic acid groups (broad SMARTS) is 1. The summed E-state index contributed by atoms with van der Waals surface area (Å²) in [5.74, 6) is 0.244. The number of aromatic carboxylic acids is 1. The lowest BCUT2D eigenvalue weighted by Crippen LogP contribution is -2.06. The zero-order valence-electron chi connectivity index (χ0n) is 12.1. The summed E-state index contributed by atoms with van der Waals surface area (Å²) in [4.78, 5) is 12.4. The molecule has 0 aromatic heterocycles. The van der Waals surface area contributed by atoms with Gasteiger partial charge in [-0.25, -0.2) is 4.79 Å². The van der Waals surface area contributed by atoms with Crippen LogP contribution in [0.5, 0.6) is 5.75 Å². The number of carboxylic acids is 1. The average Bonchev–Trinajstić information content (AvgIpc) is 2.46. The van der Waals surface area contributed by atoms with E-state index in [1.165, 1.54) is 10.5 Å². The number of hydrogen-bond acceptors (Lipinski definition) is 3. The van der Waals surface area contributed by atoms with Gasteiger partial charge in [0.2, 0.25) is 0 Å². The van der Waals surface area contributed by atoms with Gasteiger partial charge >= 0.3 is 5.97 Å². The summed E-state index contributed by atoms with van der Waals surface area (Å²) in [5, 5.41) is 9.17. The van der Waals surface area contributed by atoms with Crippen molar-refractivity contribution in [1.82, 2.24) is 0 Å². The quantitative estimate of drug-likeness (QED) is 0.642. The Labute approximate surface area is 129 Å². The van der Waals surface area contributed by atoms with Gasteiger partial charge in [-0.15, -0.1) is 11.8 Å². The molecule has 0 unspecified atom stereocenters. The maximum absolute atomic E-state index is 11.2. The summed E-state index contributed by atoms with van der Waals surface area (Å²) in [6, 6.07) is 13.5. The molecule has 0 heterocycles. The van der Waals surface area contributed by atoms with Gasteiger partial charge in [-0.05, 0) is 38.1 Å². The summed E-state index contributed by atoms with van der Waals surface area (Å²) >= 11 is 1.69. The molecule has 1 N–H and O–H groups in total. The Hall–Kier alpha value is -1.94. The lowest BCUT2D eigenvalue weighted by atomic mass is 10.1. The van der Waals surface area contributed by atoms with Crippen LogP contribution in [0.25, 0.3) is 0 Å². The second-order valence-electron chi connectivity index (χ2n) is 4.81. The highest BCUT2D eigenvalue weighted by Gasteiger charge is 2.11. The van der Waals surface area contributed by atoms with Crippen LogP contribution in [0.1, 0.15) is 21.5 Å². The summed E-state index contributed by atoms with van der Waals surface area (Å²) in [6.45, 7) is 4.40. The molecular formula is C17H18O3S. The van der Waals surface area contributed by atoms with Crippen LogP contribution >= 0.6 is 11.8 Å². The standard InChI is InChI=1S/C17H18O3S/c1-12-3-6-14(7-4-12)21-10-9-20-16-8-5-13(2)11-15(16)17(18)19/h3-8,11H,9-10H2,1-2H3,(H,18,19). The highest BCUT2D eigenvalue weighted by atomic mass is 32.2. The van der Waals surface area contributed by atoms with E-state index in [0.717, 1.165) is 11.3 Å². The fraction of sp³-hybridized carbons (Fsp3) is 0.235. The molecule has 0 radical (unpaired) electrons. The molecule has 0 bridgehead atoms. The van der Waals surface area contributed by atoms with Crippen molar-refractivity contribution < 1.29 is 14.6 Å². The van der Waals surface area contributed by atoms with Crippen molar-refractivity contribution in [2.45, 2.75) is 18.7 Å². The third-order valence-corrected chi connectivity index (χ3v) is 3.97. The van der Waals surface area contributed by atoms with Gasteiger partial charge < -0.3 is 9.84 Å². The minimum Gasteiger partial charge on any atom is -0.492 e. The Morgan fingerprint density at radius 3 is 2.43 bits per heavy atom. The Morgan fingerprint density at radius 2 is 1.76 bits per heavy atom. The van der Waals surface area contributed by atoms with Gasteiger partial charge in [0.25, 0.3) is 0 Å². The number of hydrogen-bond donors (Lipinski definition) is 1. The fourth-order valence-electron chi connectivity index (χ4n) is 1.88. The molecule has 0 saturated carbocycles. The predicted molar refractivity (Wildman–Crippen MR) is 85.5 cm³/mol. The zero-order chi connectivity index (χ0) is 15.2. The molecule has 2 aromatic carbocycles. The normalized spacial score (nSPS) is 10.4. The van der Waals surface area contributed by atoms with Crippen LogP contribution in [0.2, 0.25) is 0 Å². The van der Waals surface area contributed by atoms with Crippen molar-refractivity contribution in [3.63, 3.8) is 0 Å². The van der Waals surface area contributed by atoms with E-state index in [2.05, 4.69) is 31.2 Å². The molecule has 0 amide bonds. The molecule has 4 heteroatoms. The first-order valence-corrected chi connectivity index (χ1v) is 7.71. The predicted octanol–water partition coefficient (Wildman–Crippen LogP) is 4.17. The number of rotatable bonds is 6. The molecule has 21 heavy (non-hydrogen) atoms. The van der Waals surface area contributed by atoms with Gasteiger partial charge in [-0.3, -0.25) is 0 Å². The molecule has 3 nitrogen and oxygen atoms in total. The monoisotopic (exact) mass is 302 g/mol. The van der Waals surface area contributed by atoms with E-state index >= 15 is 0 Å². The van der Waals surface area contributed by atoms with Crippen molar-refractivity contribution in [3.05, 3.63) is 59.2 Å². The van der Waals surface area contributed by atoms with Gasteiger partial charge in [-0.1, -0.05) is 29.3 Å². The van der Waals surface area contributed by atoms with Crippen LogP contribution in [0.15, 0.2) is 47.4 Å². The molecule has 0 aliphatic rings. The van der Waals surface area contributed by atoms with Gasteiger partial charge in [0.15, 0.2) is 0 Å². The van der Waals surface area contributed by atoms with Gasteiger partial charge in [-0.2, -0.15) is 0 Å². The lowest BCUT2D eigenvalue weighted by Gasteiger charge is -2.09. The van der Waals surface area contributed by atoms with E-state index in [1.807, 2.05) is 13.0 Å². The highest BCUT2D eigenvalue weighted by molar-refractivity contribution is 7.99. The summed E-state index contributed by atoms with van der Waals surface area (Å²) in [5.41, 5.74) is 2.37. The van der Waals surface area contributed by atoms with Gasteiger partial charge in [0, 0.05) is 10.6 Å². The van der Waals surface area contributed by atoms with Crippen LogP contribution in [-0.2, 0) is 0 Å². The van der Waals surface area contributed by atoms with Crippen LogP contribution in [0, 0.1) is 13.8 Å². The van der Waals surface area contributed by atoms with Crippen molar-refractivity contribution in [1.29, 1.82) is 0 Å². The molecule has 2 rings (SSSR count). The van der Waals surface area contributed by atoms with Crippen LogP contribution in [0.3, 0.4) is 0 Å². The van der Waals surface area contributed by atoms with E-state index < -0.39 is 5.97 Å². The van der Waals surface area contributed by atoms with E-state index in [9.17, 15) is 4.79 Å². The van der Waals surface area contributed by atoms with E-state index in [1.54, 1.807) is 23.9 Å². The molecule has 0 atom stereocenters. The second-order valence-corrected chi connectivity index (χ2v) is 5.98. The molecule has 0 saturated heterocycles. The van der Waals surface area contributed by atoms with Crippen LogP contribution in [0.4, 0.5) is 0 Å². The van der Waals surface area contributed by atoms with Gasteiger partial charge in [0.05, 0.1) is 6.61 Å². The average molecular weight is 302 g/mol. The van der Waals surface area contributed by atoms with Crippen LogP contribution in [-0.4, -0.2) is 23.4 Å². The Balaban J connectivity index is 1.89. The van der Waals surface area contributed by atoms with Crippen LogP contribution < -0.4 is 4.74 Å². The maximum Gasteiger partial charge on any atom is 0.339 e. The lowest BCUT2D eigenvalue weighted by molar-refractivity contribution is 0.0692. The molecular weight excluding hydrogens is 284 g/mol. The maximum atomic E-state index is 11.2. The number of ether oxygens (including phenoxy) is 1. The number of thioether (sulfide) groups is 1. The SMILES string of the molecule is Cc1ccc(SCCOc2ccc(C)cc2C(=O)O)cc1. The first-order valence-electron chi connectivity index (χ1n) is 6.72. The molecule has 0 fully saturated rings. The minimum absolute atomic E-state index is 0.218. The number of aryl methyl sites for hydroxylation is 2. The Bertz CT molecular complexity index is 620. The third-order valence-electron chi connectivity index (χ3n) is 3.00. The fourth-order valence-corrected chi connectivity index (χ4v) is 2.61. The first kappa shape index (κ1) is 15.4. The van der Waals surface area contributed by atoms with Crippen molar-refractivity contribution in [2.24, 2.45) is 0 Å². The number of benzene rings is 2. The highest BCUT2D eigenvalue weighted by Crippen LogP contribution is 2.22. The summed E-state index contributed by atoms with van der Waals surface area (Å²) in [7, 11) is 0. The van der Waals surface area contributed by atoms with E-state index in [-0.39, 0.29) is 5.56 Å². The third kappa shape index (κ3) is 4.53. The van der Waals surface area contributed by atoms with Crippen molar-refractivity contribution >= 4 is 17.7 Å². The topological polar surface area (TPSA) is 46.5 Å². The van der Waals surface area contributed by atoms with Crippen molar-refractivity contribution in [3.8, 4) is 5.75 Å². The molecule has 0 aliphatic heterocycles. The first-order chi connectivity index (χ1) is 10.1. The molecule has 0 spiro atoms. The summed E-state index contributed by atoms with van der Waals surface area (Å²) < 4.78 is 5.60. The minimum atomic E-state index is -0.958. The molecule has 110 valence electrons. The zero-order valence-corrected chi connectivity index (χ0v) is 12.9. The second kappa shape index (κ2) is 7.18. The van der Waals surface area contributed by atoms with Gasteiger partial charge in [0.1, 0.15) is 11.3 Å². The molecule has 2 aromatic rings. The number of carbonyl (C=O) groups is 1. The smallest absolute Gasteiger partial charge is 0.339 e. The van der Waals surface area contributed by atoms with E-state index in [0.29, 0.717) is 12.4 Å². The van der Waals surface area contributed by atoms with E-state index in [4.69, 9.17) is 9.84 Å². The largest absolute Gasteiger partial charge is 0.492 e. The Kier molecular flexibility index (Phi) is 5.28. The molecule has 0 aliphatic carbocycles. The Morgan fingerprint density at radius 1 is 1.10 bits per heavy atom. The van der Waals surface area contributed by atoms with Crippen molar-refractivity contribution in [2.75, 3.05) is 12.4 Å².